The highest BCUT2D eigenvalue weighted by molar-refractivity contribution is 6.42. The summed E-state index contributed by atoms with van der Waals surface area (Å²) in [7, 11) is 0. The SMILES string of the molecule is C1=NC=C2C(=Nc3cc4c5c([nH]c4cc32)C(c2cccc3ncccc23)C2=C(C5)N=C3C=NC=C32)C1. The van der Waals surface area contributed by atoms with Crippen molar-refractivity contribution in [1.82, 2.24) is 9.97 Å². The fourth-order valence-corrected chi connectivity index (χ4v) is 6.41. The summed E-state index contributed by atoms with van der Waals surface area (Å²) in [6, 6.07) is 15.1. The molecule has 1 N–H and O–H groups in total. The number of aromatic amines is 1. The molecule has 6 nitrogen and oxygen atoms in total. The minimum atomic E-state index is 0.0191. The first-order valence-electron chi connectivity index (χ1n) is 12.2. The molecule has 0 amide bonds. The van der Waals surface area contributed by atoms with E-state index in [2.05, 4.69) is 56.4 Å². The molecule has 0 saturated heterocycles. The van der Waals surface area contributed by atoms with Crippen LogP contribution in [0, 0.1) is 0 Å². The van der Waals surface area contributed by atoms with Gasteiger partial charge in [-0.2, -0.15) is 0 Å². The Balaban J connectivity index is 1.33. The number of hydrogen-bond donors (Lipinski definition) is 1. The molecule has 2 aromatic heterocycles. The summed E-state index contributed by atoms with van der Waals surface area (Å²) in [6.07, 6.45) is 11.1. The molecule has 4 aliphatic heterocycles. The number of aliphatic imine (C=N–C) groups is 4. The highest BCUT2D eigenvalue weighted by atomic mass is 14.9. The smallest absolute Gasteiger partial charge is 0.0907 e. The lowest BCUT2D eigenvalue weighted by atomic mass is 9.76. The minimum Gasteiger partial charge on any atom is -0.357 e. The first kappa shape index (κ1) is 18.6. The van der Waals surface area contributed by atoms with Crippen LogP contribution in [0.3, 0.4) is 0 Å². The van der Waals surface area contributed by atoms with Gasteiger partial charge in [-0.1, -0.05) is 18.2 Å². The summed E-state index contributed by atoms with van der Waals surface area (Å²) in [5.41, 5.74) is 14.9. The highest BCUT2D eigenvalue weighted by Gasteiger charge is 2.39. The van der Waals surface area contributed by atoms with Gasteiger partial charge in [0.15, 0.2) is 0 Å². The van der Waals surface area contributed by atoms with Crippen molar-refractivity contribution >= 4 is 56.9 Å². The topological polar surface area (TPSA) is 78.1 Å². The monoisotopic (exact) mass is 462 g/mol. The maximum absolute atomic E-state index is 5.04. The van der Waals surface area contributed by atoms with E-state index in [1.165, 1.54) is 33.2 Å². The first-order chi connectivity index (χ1) is 17.8. The van der Waals surface area contributed by atoms with Crippen molar-refractivity contribution in [2.45, 2.75) is 18.8 Å². The molecule has 1 aliphatic carbocycles. The molecule has 36 heavy (non-hydrogen) atoms. The van der Waals surface area contributed by atoms with Gasteiger partial charge in [0, 0.05) is 76.3 Å². The normalized spacial score (nSPS) is 20.6. The number of rotatable bonds is 1. The third-order valence-electron chi connectivity index (χ3n) is 7.95. The van der Waals surface area contributed by atoms with Crippen LogP contribution in [-0.2, 0) is 6.42 Å². The van der Waals surface area contributed by atoms with Gasteiger partial charge in [-0.25, -0.2) is 0 Å². The van der Waals surface area contributed by atoms with Crippen molar-refractivity contribution in [3.8, 4) is 0 Å². The zero-order chi connectivity index (χ0) is 23.4. The van der Waals surface area contributed by atoms with E-state index in [4.69, 9.17) is 9.98 Å². The number of benzene rings is 2. The Morgan fingerprint density at radius 2 is 1.89 bits per heavy atom. The van der Waals surface area contributed by atoms with Gasteiger partial charge < -0.3 is 4.98 Å². The molecule has 1 unspecified atom stereocenters. The van der Waals surface area contributed by atoms with Gasteiger partial charge in [-0.05, 0) is 41.0 Å². The molecule has 0 spiro atoms. The van der Waals surface area contributed by atoms with E-state index in [1.54, 1.807) is 0 Å². The van der Waals surface area contributed by atoms with Crippen LogP contribution < -0.4 is 0 Å². The minimum absolute atomic E-state index is 0.0191. The van der Waals surface area contributed by atoms with Crippen molar-refractivity contribution in [3.05, 3.63) is 100 Å². The summed E-state index contributed by atoms with van der Waals surface area (Å²) >= 11 is 0. The molecular formula is C30H18N6. The predicted octanol–water partition coefficient (Wildman–Crippen LogP) is 5.98. The van der Waals surface area contributed by atoms with Crippen molar-refractivity contribution in [3.63, 3.8) is 0 Å². The van der Waals surface area contributed by atoms with Gasteiger partial charge >= 0.3 is 0 Å². The first-order valence-corrected chi connectivity index (χ1v) is 12.2. The zero-order valence-electron chi connectivity index (χ0n) is 19.2. The lowest BCUT2D eigenvalue weighted by Gasteiger charge is -2.27. The summed E-state index contributed by atoms with van der Waals surface area (Å²) in [4.78, 5) is 27.3. The van der Waals surface area contributed by atoms with Crippen LogP contribution in [0.15, 0.2) is 97.9 Å². The number of allylic oxidation sites excluding steroid dienone is 4. The molecule has 2 aromatic carbocycles. The molecule has 0 bridgehead atoms. The molecular weight excluding hydrogens is 444 g/mol. The molecule has 9 rings (SSSR count). The van der Waals surface area contributed by atoms with Crippen LogP contribution in [0.1, 0.15) is 34.7 Å². The van der Waals surface area contributed by atoms with E-state index in [0.29, 0.717) is 0 Å². The lowest BCUT2D eigenvalue weighted by molar-refractivity contribution is 0.856. The second-order valence-electron chi connectivity index (χ2n) is 9.77. The number of H-pyrrole nitrogens is 1. The van der Waals surface area contributed by atoms with Crippen LogP contribution in [-0.4, -0.2) is 33.8 Å². The Kier molecular flexibility index (Phi) is 3.35. The fraction of sp³-hybridized carbons (Fsp3) is 0.100. The van der Waals surface area contributed by atoms with Crippen LogP contribution in [0.4, 0.5) is 5.69 Å². The van der Waals surface area contributed by atoms with E-state index >= 15 is 0 Å². The van der Waals surface area contributed by atoms with E-state index < -0.39 is 0 Å². The second kappa shape index (κ2) is 6.49. The molecule has 0 saturated carbocycles. The van der Waals surface area contributed by atoms with Crippen molar-refractivity contribution < 1.29 is 0 Å². The van der Waals surface area contributed by atoms with Gasteiger partial charge in [-0.15, -0.1) is 0 Å². The largest absolute Gasteiger partial charge is 0.357 e. The second-order valence-corrected chi connectivity index (χ2v) is 9.77. The summed E-state index contributed by atoms with van der Waals surface area (Å²) in [6.45, 7) is 0. The van der Waals surface area contributed by atoms with E-state index in [0.717, 1.165) is 63.4 Å². The number of hydrogen-bond acceptors (Lipinski definition) is 5. The van der Waals surface area contributed by atoms with Gasteiger partial charge in [0.25, 0.3) is 0 Å². The van der Waals surface area contributed by atoms with E-state index in [-0.39, 0.29) is 5.92 Å². The number of nitrogens with one attached hydrogen (secondary N) is 1. The average Bonchev–Trinajstić information content (AvgIpc) is 3.67. The Morgan fingerprint density at radius 1 is 0.917 bits per heavy atom. The van der Waals surface area contributed by atoms with E-state index in [9.17, 15) is 0 Å². The maximum atomic E-state index is 5.04. The van der Waals surface area contributed by atoms with Crippen molar-refractivity contribution in [2.75, 3.05) is 0 Å². The summed E-state index contributed by atoms with van der Waals surface area (Å²) < 4.78 is 0. The lowest BCUT2D eigenvalue weighted by Crippen LogP contribution is -2.16. The number of aromatic nitrogens is 2. The number of pyridine rings is 1. The zero-order valence-corrected chi connectivity index (χ0v) is 19.2. The third-order valence-corrected chi connectivity index (χ3v) is 7.95. The van der Waals surface area contributed by atoms with Crippen LogP contribution in [0.2, 0.25) is 0 Å². The summed E-state index contributed by atoms with van der Waals surface area (Å²) in [5.74, 6) is 0.0191. The molecule has 168 valence electrons. The Hall–Kier alpha value is -4.71. The molecule has 1 atom stereocenters. The molecule has 6 heterocycles. The Morgan fingerprint density at radius 3 is 2.89 bits per heavy atom. The van der Waals surface area contributed by atoms with Gasteiger partial charge in [-0.3, -0.25) is 25.0 Å². The Bertz CT molecular complexity index is 1930. The van der Waals surface area contributed by atoms with Crippen LogP contribution >= 0.6 is 0 Å². The van der Waals surface area contributed by atoms with Crippen molar-refractivity contribution in [2.24, 2.45) is 20.0 Å². The Labute approximate surface area is 206 Å². The van der Waals surface area contributed by atoms with Gasteiger partial charge in [0.1, 0.15) is 0 Å². The molecule has 6 heteroatoms. The van der Waals surface area contributed by atoms with E-state index in [1.807, 2.05) is 37.1 Å². The van der Waals surface area contributed by atoms with Crippen molar-refractivity contribution in [1.29, 1.82) is 0 Å². The number of fused-ring (bicyclic) bond motifs is 9. The quantitative estimate of drug-likeness (QED) is 0.371. The average molecular weight is 463 g/mol. The van der Waals surface area contributed by atoms with Crippen LogP contribution in [0.5, 0.6) is 0 Å². The molecule has 0 fully saturated rings. The predicted molar refractivity (Wildman–Crippen MR) is 145 cm³/mol. The molecule has 5 aliphatic rings. The molecule has 4 aromatic rings. The highest BCUT2D eigenvalue weighted by Crippen LogP contribution is 2.51. The standard InChI is InChI=1S/C30H18N6/c1-3-16(15-4-2-7-33-22(15)5-1)29-28-21-13-32-14-27(21)35-26(28)11-19-17-9-24-18(10-25(17)36-30(19)29)20-12-31-8-6-23(20)34-24/h1-5,7-10,12-14,29,36H,6,11H2. The maximum Gasteiger partial charge on any atom is 0.0907 e. The third kappa shape index (κ3) is 2.28. The number of nitrogens with zero attached hydrogens (tertiary/aromatic N) is 5. The van der Waals surface area contributed by atoms with Gasteiger partial charge in [0.2, 0.25) is 0 Å². The summed E-state index contributed by atoms with van der Waals surface area (Å²) in [5, 5.41) is 2.39. The molecule has 0 radical (unpaired) electrons. The van der Waals surface area contributed by atoms with Gasteiger partial charge in [0.05, 0.1) is 40.5 Å². The van der Waals surface area contributed by atoms with Crippen LogP contribution in [0.25, 0.3) is 27.4 Å². The fourth-order valence-electron chi connectivity index (χ4n) is 6.41.